The normalized spacial score (nSPS) is 13.8. The van der Waals surface area contributed by atoms with Crippen LogP contribution in [-0.2, 0) is 0 Å². The Balaban J connectivity index is 1.17. The van der Waals surface area contributed by atoms with Gasteiger partial charge in [0.1, 0.15) is 29.5 Å². The van der Waals surface area contributed by atoms with E-state index >= 15 is 0 Å². The van der Waals surface area contributed by atoms with Gasteiger partial charge in [0.25, 0.3) is 0 Å². The highest BCUT2D eigenvalue weighted by Crippen LogP contribution is 2.38. The van der Waals surface area contributed by atoms with Crippen LogP contribution in [0, 0.1) is 0 Å². The molecule has 9 heteroatoms. The highest BCUT2D eigenvalue weighted by atomic mass is 32.1. The lowest BCUT2D eigenvalue weighted by Crippen LogP contribution is -2.49. The van der Waals surface area contributed by atoms with Gasteiger partial charge in [-0.2, -0.15) is 0 Å². The molecule has 0 fully saturated rings. The number of hydrogen-bond acceptors (Lipinski definition) is 8. The number of para-hydroxylation sites is 4. The topological polar surface area (TPSA) is 77.3 Å². The van der Waals surface area contributed by atoms with Crippen molar-refractivity contribution in [2.24, 2.45) is 0 Å². The number of rotatable bonds is 2. The zero-order chi connectivity index (χ0) is 27.3. The summed E-state index contributed by atoms with van der Waals surface area (Å²) in [6.45, 7) is 4.89. The highest BCUT2D eigenvalue weighted by molar-refractivity contribution is 7.22. The van der Waals surface area contributed by atoms with Crippen molar-refractivity contribution >= 4 is 83.6 Å². The Morgan fingerprint density at radius 1 is 0.512 bits per heavy atom. The molecular formula is C32H20N6S2Si. The summed E-state index contributed by atoms with van der Waals surface area (Å²) in [6, 6.07) is 25.2. The quantitative estimate of drug-likeness (QED) is 0.206. The van der Waals surface area contributed by atoms with E-state index in [0.29, 0.717) is 0 Å². The highest BCUT2D eigenvalue weighted by Gasteiger charge is 2.38. The average Bonchev–Trinajstić information content (AvgIpc) is 3.67. The molecule has 0 saturated heterocycles. The fraction of sp³-hybridized carbons (Fsp3) is 0.0625. The second kappa shape index (κ2) is 8.29. The van der Waals surface area contributed by atoms with Crippen LogP contribution in [0.1, 0.15) is 0 Å². The fourth-order valence-corrected chi connectivity index (χ4v) is 11.1. The zero-order valence-electron chi connectivity index (χ0n) is 22.1. The van der Waals surface area contributed by atoms with E-state index in [0.717, 1.165) is 54.5 Å². The van der Waals surface area contributed by atoms with Crippen LogP contribution in [0.5, 0.6) is 0 Å². The van der Waals surface area contributed by atoms with Crippen LogP contribution in [0.4, 0.5) is 0 Å². The molecule has 0 bridgehead atoms. The van der Waals surface area contributed by atoms with Crippen LogP contribution in [-0.4, -0.2) is 38.0 Å². The van der Waals surface area contributed by atoms with Gasteiger partial charge < -0.3 is 0 Å². The number of hydrogen-bond donors (Lipinski definition) is 0. The van der Waals surface area contributed by atoms with E-state index in [1.54, 1.807) is 22.7 Å². The van der Waals surface area contributed by atoms with Crippen molar-refractivity contribution in [3.63, 3.8) is 0 Å². The first-order chi connectivity index (χ1) is 20.0. The van der Waals surface area contributed by atoms with Crippen molar-refractivity contribution in [3.8, 4) is 32.5 Å². The van der Waals surface area contributed by atoms with Crippen molar-refractivity contribution in [3.05, 3.63) is 85.2 Å². The molecule has 6 nitrogen and oxygen atoms in total. The molecule has 0 N–H and O–H groups in total. The minimum Gasteiger partial charge on any atom is -0.252 e. The first-order valence-electron chi connectivity index (χ1n) is 13.4. The van der Waals surface area contributed by atoms with Crippen molar-refractivity contribution in [2.45, 2.75) is 13.1 Å². The van der Waals surface area contributed by atoms with Gasteiger partial charge in [-0.25, -0.2) is 19.9 Å². The molecule has 4 aromatic heterocycles. The summed E-state index contributed by atoms with van der Waals surface area (Å²) in [5.41, 5.74) is 9.76. The first kappa shape index (κ1) is 23.3. The fourth-order valence-electron chi connectivity index (χ4n) is 5.91. The van der Waals surface area contributed by atoms with Crippen molar-refractivity contribution in [2.75, 3.05) is 0 Å². The van der Waals surface area contributed by atoms with Crippen LogP contribution >= 0.6 is 22.7 Å². The maximum atomic E-state index is 5.02. The van der Waals surface area contributed by atoms with Gasteiger partial charge in [0, 0.05) is 0 Å². The van der Waals surface area contributed by atoms with Gasteiger partial charge >= 0.3 is 0 Å². The van der Waals surface area contributed by atoms with E-state index in [4.69, 9.17) is 19.9 Å². The van der Waals surface area contributed by atoms with Crippen molar-refractivity contribution < 1.29 is 0 Å². The third-order valence-electron chi connectivity index (χ3n) is 8.03. The van der Waals surface area contributed by atoms with Gasteiger partial charge in [-0.05, 0) is 70.0 Å². The largest absolute Gasteiger partial charge is 0.252 e. The molecule has 0 radical (unpaired) electrons. The molecule has 8 aromatic rings. The average molecular weight is 581 g/mol. The molecule has 1 aliphatic heterocycles. The first-order valence-corrected chi connectivity index (χ1v) is 18.0. The summed E-state index contributed by atoms with van der Waals surface area (Å²) in [5.74, 6) is 0. The third-order valence-corrected chi connectivity index (χ3v) is 13.6. The second-order valence-electron chi connectivity index (χ2n) is 10.9. The Labute approximate surface area is 243 Å². The minimum atomic E-state index is -1.93. The summed E-state index contributed by atoms with van der Waals surface area (Å²) >= 11 is 3.39. The van der Waals surface area contributed by atoms with Crippen molar-refractivity contribution in [1.29, 1.82) is 0 Å². The Morgan fingerprint density at radius 3 is 1.41 bits per heavy atom. The van der Waals surface area contributed by atoms with Crippen LogP contribution < -0.4 is 10.4 Å². The van der Waals surface area contributed by atoms with E-state index in [-0.39, 0.29) is 0 Å². The molecular weight excluding hydrogens is 561 g/mol. The van der Waals surface area contributed by atoms with E-state index < -0.39 is 8.07 Å². The van der Waals surface area contributed by atoms with Crippen molar-refractivity contribution in [1.82, 2.24) is 29.9 Å². The molecule has 41 heavy (non-hydrogen) atoms. The molecule has 4 aromatic carbocycles. The lowest BCUT2D eigenvalue weighted by Gasteiger charge is -2.18. The number of thiazole rings is 2. The summed E-state index contributed by atoms with van der Waals surface area (Å²) in [5, 5.41) is 4.71. The van der Waals surface area contributed by atoms with E-state index in [9.17, 15) is 0 Å². The number of benzene rings is 4. The SMILES string of the molecule is C[Si]1(C)c2cc3sc(-c4cnc5ccccc5n4)nc3cc2-c2cc3nc(-c4cnc5ccccc5n4)sc3cc21. The number of aromatic nitrogens is 6. The van der Waals surface area contributed by atoms with Gasteiger partial charge in [0.15, 0.2) is 0 Å². The van der Waals surface area contributed by atoms with E-state index in [1.807, 2.05) is 60.9 Å². The summed E-state index contributed by atoms with van der Waals surface area (Å²) in [6.07, 6.45) is 3.66. The predicted octanol–water partition coefficient (Wildman–Crippen LogP) is 6.93. The Hall–Kier alpha value is -4.44. The van der Waals surface area contributed by atoms with Crippen LogP contribution in [0.25, 0.3) is 75.0 Å². The lowest BCUT2D eigenvalue weighted by molar-refractivity contribution is 1.28. The van der Waals surface area contributed by atoms with Crippen LogP contribution in [0.15, 0.2) is 85.2 Å². The zero-order valence-corrected chi connectivity index (χ0v) is 24.7. The minimum absolute atomic E-state index is 0.815. The van der Waals surface area contributed by atoms with Crippen LogP contribution in [0.2, 0.25) is 13.1 Å². The summed E-state index contributed by atoms with van der Waals surface area (Å²) in [4.78, 5) is 28.9. The van der Waals surface area contributed by atoms with Gasteiger partial charge in [0.2, 0.25) is 0 Å². The maximum Gasteiger partial charge on any atom is 0.144 e. The maximum absolute atomic E-state index is 5.02. The second-order valence-corrected chi connectivity index (χ2v) is 17.3. The predicted molar refractivity (Wildman–Crippen MR) is 172 cm³/mol. The third kappa shape index (κ3) is 3.46. The van der Waals surface area contributed by atoms with Gasteiger partial charge in [-0.15, -0.1) is 22.7 Å². The van der Waals surface area contributed by atoms with Crippen LogP contribution in [0.3, 0.4) is 0 Å². The Bertz CT molecular complexity index is 2210. The smallest absolute Gasteiger partial charge is 0.144 e. The molecule has 194 valence electrons. The Kier molecular flexibility index (Phi) is 4.71. The molecule has 0 saturated carbocycles. The van der Waals surface area contributed by atoms with Gasteiger partial charge in [0.05, 0.1) is 54.9 Å². The molecule has 0 atom stereocenters. The molecule has 0 aliphatic carbocycles. The van der Waals surface area contributed by atoms with E-state index in [2.05, 4.69) is 47.3 Å². The number of nitrogens with zero attached hydrogens (tertiary/aromatic N) is 6. The van der Waals surface area contributed by atoms with Gasteiger partial charge in [-0.1, -0.05) is 37.4 Å². The summed E-state index contributed by atoms with van der Waals surface area (Å²) < 4.78 is 2.39. The molecule has 9 rings (SSSR count). The lowest BCUT2D eigenvalue weighted by atomic mass is 10.1. The Morgan fingerprint density at radius 2 is 0.951 bits per heavy atom. The number of fused-ring (bicyclic) bond motifs is 7. The van der Waals surface area contributed by atoms with E-state index in [1.165, 1.54) is 30.9 Å². The standard InChI is InChI=1S/C32H20N6S2Si/c1-41(2)29-13-27-23(37-31(39-27)25-15-33-19-7-3-5-9-21(19)35-25)11-17(29)18-12-24-28(14-30(18)41)40-32(38-24)26-16-34-20-8-4-6-10-22(20)36-26/h3-16H,1-2H3. The monoisotopic (exact) mass is 580 g/mol. The molecule has 5 heterocycles. The summed E-state index contributed by atoms with van der Waals surface area (Å²) in [7, 11) is -1.93. The van der Waals surface area contributed by atoms with Gasteiger partial charge in [-0.3, -0.25) is 9.97 Å². The molecule has 1 aliphatic rings. The molecule has 0 spiro atoms. The molecule has 0 unspecified atom stereocenters. The molecule has 0 amide bonds.